The molecule has 82 valence electrons. The van der Waals surface area contributed by atoms with Crippen LogP contribution in [0.2, 0.25) is 0 Å². The summed E-state index contributed by atoms with van der Waals surface area (Å²) in [5, 5.41) is 11.6. The zero-order valence-electron chi connectivity index (χ0n) is 9.36. The van der Waals surface area contributed by atoms with Gasteiger partial charge in [-0.2, -0.15) is 0 Å². The smallest absolute Gasteiger partial charge is 0.170 e. The van der Waals surface area contributed by atoms with Crippen LogP contribution < -0.4 is 10.6 Å². The molecule has 0 saturated carbocycles. The molecule has 1 aromatic rings. The quantitative estimate of drug-likeness (QED) is 0.342. The molecule has 3 N–H and O–H groups in total. The van der Waals surface area contributed by atoms with Gasteiger partial charge in [0.1, 0.15) is 0 Å². The summed E-state index contributed by atoms with van der Waals surface area (Å²) in [5.74, 6) is 0.151. The number of anilines is 1. The normalized spacial score (nSPS) is 11.5. The van der Waals surface area contributed by atoms with Crippen LogP contribution in [0.3, 0.4) is 0 Å². The molecule has 0 bridgehead atoms. The fraction of sp³-hybridized carbons (Fsp3) is 0.364. The highest BCUT2D eigenvalue weighted by molar-refractivity contribution is 5.98. The Labute approximate surface area is 90.0 Å². The molecule has 0 unspecified atom stereocenters. The second kappa shape index (κ2) is 4.68. The molecule has 0 spiro atoms. The number of amidine groups is 1. The average Bonchev–Trinajstić information content (AvgIpc) is 2.26. The first kappa shape index (κ1) is 11.4. The van der Waals surface area contributed by atoms with E-state index in [1.807, 2.05) is 32.2 Å². The van der Waals surface area contributed by atoms with E-state index < -0.39 is 0 Å². The van der Waals surface area contributed by atoms with Crippen molar-refractivity contribution in [2.45, 2.75) is 13.8 Å². The summed E-state index contributed by atoms with van der Waals surface area (Å²) in [7, 11) is 2.03. The van der Waals surface area contributed by atoms with Gasteiger partial charge in [-0.3, -0.25) is 0 Å². The molecule has 0 radical (unpaired) electrons. The molecule has 0 aliphatic heterocycles. The Morgan fingerprint density at radius 1 is 1.53 bits per heavy atom. The van der Waals surface area contributed by atoms with Crippen LogP contribution in [-0.2, 0) is 0 Å². The van der Waals surface area contributed by atoms with Gasteiger partial charge >= 0.3 is 0 Å². The summed E-state index contributed by atoms with van der Waals surface area (Å²) in [6.45, 7) is 4.98. The SMILES string of the molecule is CCN(C)c1ccc(/C(N)=N/O)c(C)c1. The summed E-state index contributed by atoms with van der Waals surface area (Å²) in [5.41, 5.74) is 8.44. The number of benzene rings is 1. The van der Waals surface area contributed by atoms with E-state index in [1.54, 1.807) is 0 Å². The number of aryl methyl sites for hydroxylation is 1. The van der Waals surface area contributed by atoms with Crippen molar-refractivity contribution in [3.05, 3.63) is 29.3 Å². The number of hydrogen-bond acceptors (Lipinski definition) is 3. The van der Waals surface area contributed by atoms with Gasteiger partial charge in [0.05, 0.1) is 0 Å². The minimum atomic E-state index is 0.151. The zero-order valence-corrected chi connectivity index (χ0v) is 9.36. The lowest BCUT2D eigenvalue weighted by atomic mass is 10.1. The molecule has 15 heavy (non-hydrogen) atoms. The summed E-state index contributed by atoms with van der Waals surface area (Å²) in [6.07, 6.45) is 0. The van der Waals surface area contributed by atoms with E-state index in [4.69, 9.17) is 10.9 Å². The fourth-order valence-corrected chi connectivity index (χ4v) is 1.41. The minimum Gasteiger partial charge on any atom is -0.409 e. The van der Waals surface area contributed by atoms with Gasteiger partial charge in [0.2, 0.25) is 0 Å². The third-order valence-corrected chi connectivity index (χ3v) is 2.51. The second-order valence-electron chi connectivity index (χ2n) is 3.50. The van der Waals surface area contributed by atoms with E-state index >= 15 is 0 Å². The number of nitrogens with zero attached hydrogens (tertiary/aromatic N) is 2. The topological polar surface area (TPSA) is 61.8 Å². The largest absolute Gasteiger partial charge is 0.409 e. The average molecular weight is 207 g/mol. The van der Waals surface area contributed by atoms with E-state index in [9.17, 15) is 0 Å². The first-order valence-corrected chi connectivity index (χ1v) is 4.89. The first-order chi connectivity index (χ1) is 7.10. The highest BCUT2D eigenvalue weighted by Crippen LogP contribution is 2.17. The summed E-state index contributed by atoms with van der Waals surface area (Å²) >= 11 is 0. The summed E-state index contributed by atoms with van der Waals surface area (Å²) in [4.78, 5) is 2.13. The van der Waals surface area contributed by atoms with Gasteiger partial charge in [-0.15, -0.1) is 0 Å². The number of rotatable bonds is 3. The Kier molecular flexibility index (Phi) is 3.55. The second-order valence-corrected chi connectivity index (χ2v) is 3.50. The van der Waals surface area contributed by atoms with Gasteiger partial charge in [-0.05, 0) is 37.6 Å². The van der Waals surface area contributed by atoms with Crippen molar-refractivity contribution in [2.75, 3.05) is 18.5 Å². The molecule has 0 amide bonds. The summed E-state index contributed by atoms with van der Waals surface area (Å²) < 4.78 is 0. The lowest BCUT2D eigenvalue weighted by Crippen LogP contribution is -2.18. The maximum Gasteiger partial charge on any atom is 0.170 e. The predicted molar refractivity (Wildman–Crippen MR) is 62.6 cm³/mol. The van der Waals surface area contributed by atoms with Crippen LogP contribution in [0.15, 0.2) is 23.4 Å². The lowest BCUT2D eigenvalue weighted by molar-refractivity contribution is 0.318. The van der Waals surface area contributed by atoms with E-state index in [1.165, 1.54) is 0 Å². The highest BCUT2D eigenvalue weighted by Gasteiger charge is 2.05. The van der Waals surface area contributed by atoms with E-state index in [2.05, 4.69) is 17.0 Å². The fourth-order valence-electron chi connectivity index (χ4n) is 1.41. The number of hydrogen-bond donors (Lipinski definition) is 2. The van der Waals surface area contributed by atoms with Gasteiger partial charge in [0.25, 0.3) is 0 Å². The molecule has 0 atom stereocenters. The standard InChI is InChI=1S/C11H17N3O/c1-4-14(3)9-5-6-10(8(2)7-9)11(12)13-15/h5-7,15H,4H2,1-3H3,(H2,12,13). The van der Waals surface area contributed by atoms with Gasteiger partial charge in [-0.25, -0.2) is 0 Å². The third kappa shape index (κ3) is 2.40. The molecule has 0 aliphatic rings. The molecule has 0 saturated heterocycles. The molecule has 1 rings (SSSR count). The summed E-state index contributed by atoms with van der Waals surface area (Å²) in [6, 6.07) is 5.85. The molecule has 0 aliphatic carbocycles. The maximum atomic E-state index is 8.59. The van der Waals surface area contributed by atoms with Crippen LogP contribution in [0.1, 0.15) is 18.1 Å². The van der Waals surface area contributed by atoms with Gasteiger partial charge in [0.15, 0.2) is 5.84 Å². The number of nitrogens with two attached hydrogens (primary N) is 1. The van der Waals surface area contributed by atoms with Crippen molar-refractivity contribution in [1.29, 1.82) is 0 Å². The first-order valence-electron chi connectivity index (χ1n) is 4.89. The van der Waals surface area contributed by atoms with Crippen LogP contribution in [0.5, 0.6) is 0 Å². The van der Waals surface area contributed by atoms with Crippen molar-refractivity contribution >= 4 is 11.5 Å². The van der Waals surface area contributed by atoms with Crippen molar-refractivity contribution in [1.82, 2.24) is 0 Å². The Bertz CT molecular complexity index is 374. The van der Waals surface area contributed by atoms with Crippen molar-refractivity contribution in [3.63, 3.8) is 0 Å². The molecule has 4 heteroatoms. The molecule has 0 heterocycles. The van der Waals surface area contributed by atoms with Crippen LogP contribution in [0.25, 0.3) is 0 Å². The molecule has 0 aromatic heterocycles. The Morgan fingerprint density at radius 2 is 2.20 bits per heavy atom. The molecule has 1 aromatic carbocycles. The van der Waals surface area contributed by atoms with Crippen molar-refractivity contribution in [2.24, 2.45) is 10.9 Å². The van der Waals surface area contributed by atoms with Crippen LogP contribution in [0, 0.1) is 6.92 Å². The van der Waals surface area contributed by atoms with Crippen LogP contribution in [-0.4, -0.2) is 24.6 Å². The Morgan fingerprint density at radius 3 is 2.67 bits per heavy atom. The van der Waals surface area contributed by atoms with Crippen molar-refractivity contribution in [3.8, 4) is 0 Å². The van der Waals surface area contributed by atoms with Gasteiger partial charge < -0.3 is 15.8 Å². The maximum absolute atomic E-state index is 8.59. The predicted octanol–water partition coefficient (Wildman–Crippen LogP) is 1.55. The monoisotopic (exact) mass is 207 g/mol. The van der Waals surface area contributed by atoms with Crippen LogP contribution in [0.4, 0.5) is 5.69 Å². The van der Waals surface area contributed by atoms with Crippen LogP contribution >= 0.6 is 0 Å². The minimum absolute atomic E-state index is 0.151. The Hall–Kier alpha value is -1.71. The van der Waals surface area contributed by atoms with Gasteiger partial charge in [0, 0.05) is 24.8 Å². The Balaban J connectivity index is 3.08. The van der Waals surface area contributed by atoms with E-state index in [0.29, 0.717) is 0 Å². The molecular weight excluding hydrogens is 190 g/mol. The molecule has 4 nitrogen and oxygen atoms in total. The molecular formula is C11H17N3O. The van der Waals surface area contributed by atoms with E-state index in [0.717, 1.165) is 23.4 Å². The number of oxime groups is 1. The van der Waals surface area contributed by atoms with Crippen molar-refractivity contribution < 1.29 is 5.21 Å². The highest BCUT2D eigenvalue weighted by atomic mass is 16.4. The molecule has 0 fully saturated rings. The van der Waals surface area contributed by atoms with Gasteiger partial charge in [-0.1, -0.05) is 5.16 Å². The lowest BCUT2D eigenvalue weighted by Gasteiger charge is -2.18. The van der Waals surface area contributed by atoms with E-state index in [-0.39, 0.29) is 5.84 Å². The zero-order chi connectivity index (χ0) is 11.4. The third-order valence-electron chi connectivity index (χ3n) is 2.51.